The summed E-state index contributed by atoms with van der Waals surface area (Å²) in [6.45, 7) is 3.46. The lowest BCUT2D eigenvalue weighted by molar-refractivity contribution is -0.114. The Labute approximate surface area is 143 Å². The summed E-state index contributed by atoms with van der Waals surface area (Å²) in [5, 5.41) is 8.20. The molecule has 138 valence electrons. The van der Waals surface area contributed by atoms with Crippen LogP contribution in [-0.4, -0.2) is 44.2 Å². The summed E-state index contributed by atoms with van der Waals surface area (Å²) in [5.74, 6) is -4.63. The van der Waals surface area contributed by atoms with Gasteiger partial charge in [-0.1, -0.05) is 0 Å². The van der Waals surface area contributed by atoms with Gasteiger partial charge >= 0.3 is 0 Å². The molecule has 1 unspecified atom stereocenters. The zero-order valence-corrected chi connectivity index (χ0v) is 13.9. The lowest BCUT2D eigenvalue weighted by atomic mass is 10.2. The average molecular weight is 358 g/mol. The van der Waals surface area contributed by atoms with Crippen molar-refractivity contribution in [2.45, 2.75) is 25.9 Å². The molecular formula is C16H21F3N4O2. The van der Waals surface area contributed by atoms with E-state index in [-0.39, 0.29) is 12.6 Å². The summed E-state index contributed by atoms with van der Waals surface area (Å²) in [4.78, 5) is 15.9. The van der Waals surface area contributed by atoms with Crippen molar-refractivity contribution in [3.8, 4) is 0 Å². The largest absolute Gasteiger partial charge is 0.376 e. The molecule has 1 aliphatic heterocycles. The van der Waals surface area contributed by atoms with Crippen LogP contribution in [0.15, 0.2) is 17.1 Å². The zero-order valence-electron chi connectivity index (χ0n) is 13.9. The van der Waals surface area contributed by atoms with Crippen LogP contribution in [0.4, 0.5) is 18.9 Å². The molecule has 3 N–H and O–H groups in total. The molecule has 0 bridgehead atoms. The first-order chi connectivity index (χ1) is 12.0. The molecule has 0 saturated carbocycles. The molecule has 1 amide bonds. The quantitative estimate of drug-likeness (QED) is 0.412. The molecule has 1 aromatic rings. The van der Waals surface area contributed by atoms with Crippen molar-refractivity contribution in [3.63, 3.8) is 0 Å². The molecule has 0 aromatic heterocycles. The monoisotopic (exact) mass is 358 g/mol. The highest BCUT2D eigenvalue weighted by molar-refractivity contribution is 5.94. The number of hydrogen-bond donors (Lipinski definition) is 3. The summed E-state index contributed by atoms with van der Waals surface area (Å²) in [6, 6.07) is 1.70. The molecule has 0 radical (unpaired) electrons. The van der Waals surface area contributed by atoms with Crippen LogP contribution in [0.1, 0.15) is 19.8 Å². The van der Waals surface area contributed by atoms with E-state index >= 15 is 0 Å². The topological polar surface area (TPSA) is 74.8 Å². The van der Waals surface area contributed by atoms with Gasteiger partial charge in [0.1, 0.15) is 6.54 Å². The Morgan fingerprint density at radius 3 is 2.76 bits per heavy atom. The zero-order chi connectivity index (χ0) is 18.2. The fraction of sp³-hybridized carbons (Fsp3) is 0.500. The number of ether oxygens (including phenoxy) is 1. The van der Waals surface area contributed by atoms with E-state index in [0.717, 1.165) is 31.6 Å². The van der Waals surface area contributed by atoms with Gasteiger partial charge in [-0.25, -0.2) is 18.2 Å². The second-order valence-corrected chi connectivity index (χ2v) is 5.48. The van der Waals surface area contributed by atoms with Crippen molar-refractivity contribution in [2.75, 3.05) is 31.6 Å². The first-order valence-electron chi connectivity index (χ1n) is 8.08. The van der Waals surface area contributed by atoms with Crippen molar-refractivity contribution in [1.82, 2.24) is 10.6 Å². The molecule has 1 aliphatic rings. The van der Waals surface area contributed by atoms with Gasteiger partial charge in [-0.05, 0) is 31.9 Å². The molecule has 6 nitrogen and oxygen atoms in total. The fourth-order valence-electron chi connectivity index (χ4n) is 2.32. The number of amides is 1. The van der Waals surface area contributed by atoms with Gasteiger partial charge in [0.2, 0.25) is 5.91 Å². The van der Waals surface area contributed by atoms with Crippen LogP contribution < -0.4 is 16.0 Å². The number of carbonyl (C=O) groups excluding carboxylic acids is 1. The predicted molar refractivity (Wildman–Crippen MR) is 87.9 cm³/mol. The SMILES string of the molecule is CCNC(=NCC(=O)Nc1ccc(F)c(F)c1F)NCC1CCCO1. The van der Waals surface area contributed by atoms with E-state index in [1.807, 2.05) is 6.92 Å². The minimum atomic E-state index is -1.63. The summed E-state index contributed by atoms with van der Waals surface area (Å²) < 4.78 is 45.0. The highest BCUT2D eigenvalue weighted by Gasteiger charge is 2.16. The molecular weight excluding hydrogens is 337 g/mol. The highest BCUT2D eigenvalue weighted by atomic mass is 19.2. The van der Waals surface area contributed by atoms with E-state index in [2.05, 4.69) is 20.9 Å². The van der Waals surface area contributed by atoms with Crippen LogP contribution in [0.3, 0.4) is 0 Å². The Bertz CT molecular complexity index is 634. The molecule has 1 fully saturated rings. The number of rotatable bonds is 6. The molecule has 1 atom stereocenters. The smallest absolute Gasteiger partial charge is 0.246 e. The second-order valence-electron chi connectivity index (χ2n) is 5.48. The highest BCUT2D eigenvalue weighted by Crippen LogP contribution is 2.19. The molecule has 0 aliphatic carbocycles. The maximum absolute atomic E-state index is 13.5. The van der Waals surface area contributed by atoms with E-state index in [4.69, 9.17) is 4.74 Å². The third kappa shape index (κ3) is 5.63. The Hall–Kier alpha value is -2.29. The van der Waals surface area contributed by atoms with Crippen LogP contribution in [0, 0.1) is 17.5 Å². The maximum atomic E-state index is 13.5. The average Bonchev–Trinajstić information content (AvgIpc) is 3.11. The minimum Gasteiger partial charge on any atom is -0.376 e. The third-order valence-electron chi connectivity index (χ3n) is 3.56. The van der Waals surface area contributed by atoms with Gasteiger partial charge in [-0.15, -0.1) is 0 Å². The van der Waals surface area contributed by atoms with Crippen LogP contribution in [0.5, 0.6) is 0 Å². The van der Waals surface area contributed by atoms with E-state index in [1.165, 1.54) is 0 Å². The summed E-state index contributed by atoms with van der Waals surface area (Å²) in [6.07, 6.45) is 2.08. The fourth-order valence-corrected chi connectivity index (χ4v) is 2.32. The summed E-state index contributed by atoms with van der Waals surface area (Å²) in [7, 11) is 0. The van der Waals surface area contributed by atoms with Crippen LogP contribution in [0.25, 0.3) is 0 Å². The van der Waals surface area contributed by atoms with E-state index < -0.39 is 29.0 Å². The van der Waals surface area contributed by atoms with Gasteiger partial charge in [0, 0.05) is 19.7 Å². The molecule has 1 saturated heterocycles. The van der Waals surface area contributed by atoms with Crippen molar-refractivity contribution < 1.29 is 22.7 Å². The Morgan fingerprint density at radius 1 is 1.28 bits per heavy atom. The Kier molecular flexibility index (Phi) is 7.05. The number of nitrogens with zero attached hydrogens (tertiary/aromatic N) is 1. The van der Waals surface area contributed by atoms with E-state index in [9.17, 15) is 18.0 Å². The van der Waals surface area contributed by atoms with Gasteiger partial charge in [0.15, 0.2) is 23.4 Å². The van der Waals surface area contributed by atoms with Crippen LogP contribution in [-0.2, 0) is 9.53 Å². The normalized spacial score (nSPS) is 17.4. The Morgan fingerprint density at radius 2 is 2.08 bits per heavy atom. The van der Waals surface area contributed by atoms with Crippen molar-refractivity contribution in [1.29, 1.82) is 0 Å². The number of hydrogen-bond acceptors (Lipinski definition) is 3. The minimum absolute atomic E-state index is 0.106. The van der Waals surface area contributed by atoms with Gasteiger partial charge in [0.25, 0.3) is 0 Å². The summed E-state index contributed by atoms with van der Waals surface area (Å²) >= 11 is 0. The van der Waals surface area contributed by atoms with Crippen molar-refractivity contribution in [3.05, 3.63) is 29.6 Å². The van der Waals surface area contributed by atoms with Crippen LogP contribution in [0.2, 0.25) is 0 Å². The molecule has 1 heterocycles. The first-order valence-corrected chi connectivity index (χ1v) is 8.08. The number of anilines is 1. The molecule has 9 heteroatoms. The second kappa shape index (κ2) is 9.26. The van der Waals surface area contributed by atoms with Gasteiger partial charge in [-0.3, -0.25) is 4.79 Å². The van der Waals surface area contributed by atoms with E-state index in [1.54, 1.807) is 0 Å². The molecule has 25 heavy (non-hydrogen) atoms. The summed E-state index contributed by atoms with van der Waals surface area (Å²) in [5.41, 5.74) is -0.434. The number of aliphatic imine (C=N–C) groups is 1. The maximum Gasteiger partial charge on any atom is 0.246 e. The molecule has 0 spiro atoms. The number of benzene rings is 1. The van der Waals surface area contributed by atoms with Gasteiger partial charge in [0.05, 0.1) is 11.8 Å². The van der Waals surface area contributed by atoms with Crippen molar-refractivity contribution in [2.24, 2.45) is 4.99 Å². The van der Waals surface area contributed by atoms with Gasteiger partial charge < -0.3 is 20.7 Å². The number of nitrogens with one attached hydrogen (secondary N) is 3. The molecule has 1 aromatic carbocycles. The lowest BCUT2D eigenvalue weighted by Crippen LogP contribution is -2.41. The lowest BCUT2D eigenvalue weighted by Gasteiger charge is -2.14. The number of guanidine groups is 1. The Balaban J connectivity index is 1.90. The first kappa shape index (κ1) is 19.0. The third-order valence-corrected chi connectivity index (χ3v) is 3.56. The number of halogens is 3. The van der Waals surface area contributed by atoms with Crippen molar-refractivity contribution >= 4 is 17.6 Å². The standard InChI is InChI=1S/C16H21F3N4O2/c1-2-20-16(21-8-10-4-3-7-25-10)22-9-13(24)23-12-6-5-11(17)14(18)15(12)19/h5-6,10H,2-4,7-9H2,1H3,(H,23,24)(H2,20,21,22). The van der Waals surface area contributed by atoms with Gasteiger partial charge in [-0.2, -0.15) is 0 Å². The van der Waals surface area contributed by atoms with E-state index in [0.29, 0.717) is 19.0 Å². The predicted octanol–water partition coefficient (Wildman–Crippen LogP) is 1.78. The van der Waals surface area contributed by atoms with Crippen LogP contribution >= 0.6 is 0 Å². The number of carbonyl (C=O) groups is 1. The molecule has 2 rings (SSSR count).